The molecule has 3 aromatic rings. The molecule has 248 valence electrons. The summed E-state index contributed by atoms with van der Waals surface area (Å²) in [4.78, 5) is 16.7. The number of methoxy groups -OCH3 is 1. The Labute approximate surface area is 272 Å². The van der Waals surface area contributed by atoms with Gasteiger partial charge in [0.15, 0.2) is 0 Å². The molecule has 4 heterocycles. The zero-order valence-electron chi connectivity index (χ0n) is 26.2. The Morgan fingerprint density at radius 3 is 2.61 bits per heavy atom. The zero-order chi connectivity index (χ0) is 32.3. The lowest BCUT2D eigenvalue weighted by Gasteiger charge is -2.34. The highest BCUT2D eigenvalue weighted by atomic mass is 32.2. The number of hydrogen-bond donors (Lipinski definition) is 2. The van der Waals surface area contributed by atoms with Crippen molar-refractivity contribution in [3.8, 4) is 17.0 Å². The summed E-state index contributed by atoms with van der Waals surface area (Å²) in [6, 6.07) is 12.3. The van der Waals surface area contributed by atoms with E-state index in [9.17, 15) is 23.1 Å². The largest absolute Gasteiger partial charge is 0.496 e. The Balaban J connectivity index is 1.16. The average molecular weight is 658 g/mol. The second kappa shape index (κ2) is 14.4. The molecule has 0 saturated carbocycles. The number of aliphatic hydroxyl groups excluding tert-OH is 1. The molecule has 1 amide bonds. The van der Waals surface area contributed by atoms with Gasteiger partial charge in [-0.2, -0.15) is 18.3 Å². The number of amides is 1. The summed E-state index contributed by atoms with van der Waals surface area (Å²) in [7, 11) is 1.70. The molecule has 2 saturated heterocycles. The number of alkyl halides is 3. The molecule has 8 nitrogen and oxygen atoms in total. The van der Waals surface area contributed by atoms with Gasteiger partial charge in [0, 0.05) is 60.9 Å². The van der Waals surface area contributed by atoms with Crippen molar-refractivity contribution in [1.29, 1.82) is 0 Å². The Morgan fingerprint density at radius 1 is 1.11 bits per heavy atom. The topological polar surface area (TPSA) is 82.9 Å². The van der Waals surface area contributed by atoms with E-state index in [1.165, 1.54) is 17.7 Å². The molecule has 0 spiro atoms. The predicted molar refractivity (Wildman–Crippen MR) is 172 cm³/mol. The van der Waals surface area contributed by atoms with Crippen molar-refractivity contribution in [3.05, 3.63) is 64.8 Å². The molecular weight excluding hydrogens is 615 g/mol. The molecule has 2 fully saturated rings. The van der Waals surface area contributed by atoms with Gasteiger partial charge in [-0.05, 0) is 68.5 Å². The van der Waals surface area contributed by atoms with Crippen LogP contribution in [-0.4, -0.2) is 88.8 Å². The fourth-order valence-electron chi connectivity index (χ4n) is 7.01. The van der Waals surface area contributed by atoms with Crippen LogP contribution in [0.1, 0.15) is 54.0 Å². The standard InChI is InChI=1S/C34H42F3N5O3S/c1-45-30-7-3-2-6-26(30)23-11-16-40(17-12-23)20-25(43)21-42-29-10-13-38-19-27(29)33(39-42)24-8-9-28(34(35,36)37)31(18-24)46-22-32(44)41-14-4-5-15-41/h2-3,6-9,18,23,25,38,43H,4-5,10-17,19-22H2,1H3. The second-order valence-electron chi connectivity index (χ2n) is 12.4. The minimum absolute atomic E-state index is 0.0289. The molecule has 0 bridgehead atoms. The minimum Gasteiger partial charge on any atom is -0.496 e. The van der Waals surface area contributed by atoms with Crippen molar-refractivity contribution in [2.24, 2.45) is 0 Å². The summed E-state index contributed by atoms with van der Waals surface area (Å²) in [5.74, 6) is 1.17. The number of benzene rings is 2. The number of β-amino-alcohol motifs (C(OH)–C–C–N with tert-alkyl or cyclic N) is 1. The number of carbonyl (C=O) groups is 1. The molecule has 0 aliphatic carbocycles. The fraction of sp³-hybridized carbons (Fsp3) is 0.529. The number of piperidine rings is 1. The van der Waals surface area contributed by atoms with Crippen LogP contribution in [0.25, 0.3) is 11.3 Å². The zero-order valence-corrected chi connectivity index (χ0v) is 27.0. The summed E-state index contributed by atoms with van der Waals surface area (Å²) in [5, 5.41) is 19.4. The van der Waals surface area contributed by atoms with Gasteiger partial charge in [0.25, 0.3) is 0 Å². The number of nitrogens with one attached hydrogen (secondary N) is 1. The summed E-state index contributed by atoms with van der Waals surface area (Å²) in [6.45, 7) is 5.21. The summed E-state index contributed by atoms with van der Waals surface area (Å²) in [6.07, 6.45) is -0.646. The summed E-state index contributed by atoms with van der Waals surface area (Å²) >= 11 is 0.939. The highest BCUT2D eigenvalue weighted by molar-refractivity contribution is 8.00. The van der Waals surface area contributed by atoms with E-state index in [2.05, 4.69) is 16.3 Å². The van der Waals surface area contributed by atoms with Gasteiger partial charge in [-0.3, -0.25) is 9.48 Å². The SMILES string of the molecule is COc1ccccc1C1CCN(CC(O)Cn2nc(-c3ccc(C(F)(F)F)c(SCC(=O)N4CCCC4)c3)c3c2CCNC3)CC1. The van der Waals surface area contributed by atoms with Crippen LogP contribution in [0, 0.1) is 0 Å². The molecule has 1 unspecified atom stereocenters. The Kier molecular flexibility index (Phi) is 10.3. The third kappa shape index (κ3) is 7.40. The lowest BCUT2D eigenvalue weighted by atomic mass is 9.88. The van der Waals surface area contributed by atoms with Gasteiger partial charge < -0.3 is 25.0 Å². The molecule has 3 aliphatic rings. The number of hydrogen-bond acceptors (Lipinski definition) is 7. The number of halogens is 3. The van der Waals surface area contributed by atoms with Crippen LogP contribution in [0.3, 0.4) is 0 Å². The number of likely N-dealkylation sites (tertiary alicyclic amines) is 2. The van der Waals surface area contributed by atoms with Crippen molar-refractivity contribution >= 4 is 17.7 Å². The summed E-state index contributed by atoms with van der Waals surface area (Å²) < 4.78 is 49.4. The monoisotopic (exact) mass is 657 g/mol. The molecule has 6 rings (SSSR count). The van der Waals surface area contributed by atoms with Crippen LogP contribution in [0.15, 0.2) is 47.4 Å². The highest BCUT2D eigenvalue weighted by Crippen LogP contribution is 2.40. The van der Waals surface area contributed by atoms with E-state index in [0.717, 1.165) is 80.2 Å². The van der Waals surface area contributed by atoms with Gasteiger partial charge in [0.2, 0.25) is 5.91 Å². The van der Waals surface area contributed by atoms with Crippen LogP contribution >= 0.6 is 11.8 Å². The average Bonchev–Trinajstić information content (AvgIpc) is 3.73. The van der Waals surface area contributed by atoms with E-state index in [-0.39, 0.29) is 16.6 Å². The third-order valence-corrected chi connectivity index (χ3v) is 10.4. The van der Waals surface area contributed by atoms with E-state index in [1.807, 2.05) is 22.9 Å². The van der Waals surface area contributed by atoms with Crippen LogP contribution in [0.2, 0.25) is 0 Å². The number of carbonyl (C=O) groups excluding carboxylic acids is 1. The molecule has 2 aromatic carbocycles. The van der Waals surface area contributed by atoms with Crippen molar-refractivity contribution in [1.82, 2.24) is 24.9 Å². The quantitative estimate of drug-likeness (QED) is 0.291. The maximum atomic E-state index is 14.0. The first-order valence-electron chi connectivity index (χ1n) is 16.2. The second-order valence-corrected chi connectivity index (χ2v) is 13.5. The van der Waals surface area contributed by atoms with Gasteiger partial charge in [-0.15, -0.1) is 11.8 Å². The van der Waals surface area contributed by atoms with E-state index >= 15 is 0 Å². The number of ether oxygens (including phenoxy) is 1. The van der Waals surface area contributed by atoms with E-state index in [4.69, 9.17) is 9.84 Å². The molecule has 12 heteroatoms. The molecule has 0 radical (unpaired) electrons. The maximum Gasteiger partial charge on any atom is 0.417 e. The fourth-order valence-corrected chi connectivity index (χ4v) is 8.02. The van der Waals surface area contributed by atoms with Crippen LogP contribution in [0.4, 0.5) is 13.2 Å². The van der Waals surface area contributed by atoms with E-state index < -0.39 is 17.8 Å². The maximum absolute atomic E-state index is 14.0. The van der Waals surface area contributed by atoms with Gasteiger partial charge in [0.1, 0.15) is 5.75 Å². The normalized spacial score (nSPS) is 18.5. The van der Waals surface area contributed by atoms with Gasteiger partial charge in [-0.25, -0.2) is 0 Å². The third-order valence-electron chi connectivity index (χ3n) is 9.40. The first-order valence-corrected chi connectivity index (χ1v) is 17.1. The van der Waals surface area contributed by atoms with Gasteiger partial charge in [-0.1, -0.05) is 24.3 Å². The van der Waals surface area contributed by atoms with Gasteiger partial charge in [0.05, 0.1) is 36.8 Å². The van der Waals surface area contributed by atoms with Crippen molar-refractivity contribution in [2.75, 3.05) is 52.1 Å². The highest BCUT2D eigenvalue weighted by Gasteiger charge is 2.35. The minimum atomic E-state index is -4.54. The van der Waals surface area contributed by atoms with Crippen LogP contribution in [0.5, 0.6) is 5.75 Å². The number of fused-ring (bicyclic) bond motifs is 1. The first-order chi connectivity index (χ1) is 22.2. The Morgan fingerprint density at radius 2 is 1.87 bits per heavy atom. The van der Waals surface area contributed by atoms with Crippen molar-refractivity contribution in [3.63, 3.8) is 0 Å². The molecule has 1 aromatic heterocycles. The lowest BCUT2D eigenvalue weighted by molar-refractivity contribution is -0.139. The first kappa shape index (κ1) is 32.9. The van der Waals surface area contributed by atoms with E-state index in [1.54, 1.807) is 12.0 Å². The molecule has 3 aliphatic heterocycles. The van der Waals surface area contributed by atoms with Crippen LogP contribution in [-0.2, 0) is 30.5 Å². The number of para-hydroxylation sites is 1. The number of nitrogens with zero attached hydrogens (tertiary/aromatic N) is 4. The molecular formula is C34H42F3N5O3S. The number of thioether (sulfide) groups is 1. The van der Waals surface area contributed by atoms with Crippen LogP contribution < -0.4 is 10.1 Å². The summed E-state index contributed by atoms with van der Waals surface area (Å²) in [5.41, 5.74) is 3.63. The van der Waals surface area contributed by atoms with Crippen molar-refractivity contribution in [2.45, 2.75) is 68.3 Å². The van der Waals surface area contributed by atoms with Crippen molar-refractivity contribution < 1.29 is 27.8 Å². The number of rotatable bonds is 10. The molecule has 1 atom stereocenters. The Bertz CT molecular complexity index is 1520. The number of aromatic nitrogens is 2. The smallest absolute Gasteiger partial charge is 0.417 e. The molecule has 46 heavy (non-hydrogen) atoms. The lowest BCUT2D eigenvalue weighted by Crippen LogP contribution is -2.40. The van der Waals surface area contributed by atoms with Gasteiger partial charge >= 0.3 is 6.18 Å². The van der Waals surface area contributed by atoms with E-state index in [0.29, 0.717) is 56.3 Å². The molecule has 2 N–H and O–H groups in total. The predicted octanol–water partition coefficient (Wildman–Crippen LogP) is 5.18. The number of aliphatic hydroxyl groups is 1. The Hall–Kier alpha value is -3.06.